The lowest BCUT2D eigenvalue weighted by Crippen LogP contribution is -1.87. The molecule has 1 N–H and O–H groups in total. The zero-order valence-corrected chi connectivity index (χ0v) is 12.6. The van der Waals surface area contributed by atoms with E-state index in [1.807, 2.05) is 56.0 Å². The summed E-state index contributed by atoms with van der Waals surface area (Å²) in [7, 11) is 1.91. The smallest absolute Gasteiger partial charge is 0.156 e. The highest BCUT2D eigenvalue weighted by atomic mass is 15.2. The summed E-state index contributed by atoms with van der Waals surface area (Å²) in [6, 6.07) is 14.1. The van der Waals surface area contributed by atoms with Crippen molar-refractivity contribution in [2.45, 2.75) is 0 Å². The van der Waals surface area contributed by atoms with Gasteiger partial charge in [-0.25, -0.2) is 4.98 Å². The van der Waals surface area contributed by atoms with Gasteiger partial charge in [0.15, 0.2) is 5.82 Å². The third kappa shape index (κ3) is 2.64. The Labute approximate surface area is 133 Å². The molecule has 0 unspecified atom stereocenters. The van der Waals surface area contributed by atoms with Crippen LogP contribution in [0.2, 0.25) is 0 Å². The lowest BCUT2D eigenvalue weighted by molar-refractivity contribution is 0.768. The summed E-state index contributed by atoms with van der Waals surface area (Å²) in [5.41, 5.74) is 5.03. The van der Waals surface area contributed by atoms with Gasteiger partial charge in [0, 0.05) is 25.0 Å². The first-order valence-corrected chi connectivity index (χ1v) is 7.35. The van der Waals surface area contributed by atoms with Crippen LogP contribution in [-0.4, -0.2) is 24.7 Å². The number of hydrogen-bond donors (Lipinski definition) is 1. The highest BCUT2D eigenvalue weighted by molar-refractivity contribution is 5.68. The monoisotopic (exact) mass is 301 g/mol. The minimum atomic E-state index is 0.759. The normalized spacial score (nSPS) is 10.8. The molecule has 23 heavy (non-hydrogen) atoms. The van der Waals surface area contributed by atoms with E-state index in [9.17, 15) is 0 Å². The zero-order valence-electron chi connectivity index (χ0n) is 12.6. The molecule has 0 radical (unpaired) electrons. The standard InChI is InChI=1S/C18H15N5/c1-23-12-15(10-21-23)14-7-8-19-16(9-14)18-20-11-17(22-18)13-5-3-2-4-6-13/h2-12H,1H3,(H,20,22). The van der Waals surface area contributed by atoms with Crippen LogP contribution in [0.4, 0.5) is 0 Å². The molecule has 0 amide bonds. The van der Waals surface area contributed by atoms with Gasteiger partial charge in [-0.15, -0.1) is 0 Å². The molecule has 0 bridgehead atoms. The van der Waals surface area contributed by atoms with Crippen molar-refractivity contribution in [3.05, 3.63) is 67.3 Å². The van der Waals surface area contributed by atoms with E-state index < -0.39 is 0 Å². The lowest BCUT2D eigenvalue weighted by atomic mass is 10.1. The van der Waals surface area contributed by atoms with Crippen molar-refractivity contribution in [2.24, 2.45) is 7.05 Å². The Balaban J connectivity index is 1.70. The van der Waals surface area contributed by atoms with Crippen LogP contribution in [0.5, 0.6) is 0 Å². The van der Waals surface area contributed by atoms with Crippen molar-refractivity contribution >= 4 is 0 Å². The molecule has 0 aliphatic carbocycles. The average Bonchev–Trinajstić information content (AvgIpc) is 3.25. The third-order valence-corrected chi connectivity index (χ3v) is 3.70. The van der Waals surface area contributed by atoms with Crippen LogP contribution in [0.3, 0.4) is 0 Å². The molecule has 0 saturated heterocycles. The van der Waals surface area contributed by atoms with Gasteiger partial charge in [0.25, 0.3) is 0 Å². The van der Waals surface area contributed by atoms with Gasteiger partial charge < -0.3 is 4.98 Å². The van der Waals surface area contributed by atoms with Gasteiger partial charge in [0.1, 0.15) is 5.69 Å². The molecule has 0 aliphatic rings. The topological polar surface area (TPSA) is 59.4 Å². The quantitative estimate of drug-likeness (QED) is 0.629. The molecule has 0 atom stereocenters. The molecule has 3 aromatic heterocycles. The fourth-order valence-electron chi connectivity index (χ4n) is 2.53. The molecule has 1 aromatic carbocycles. The Morgan fingerprint density at radius 1 is 0.913 bits per heavy atom. The first kappa shape index (κ1) is 13.5. The number of rotatable bonds is 3. The summed E-state index contributed by atoms with van der Waals surface area (Å²) >= 11 is 0. The maximum absolute atomic E-state index is 4.46. The van der Waals surface area contributed by atoms with E-state index in [1.165, 1.54) is 0 Å². The number of hydrogen-bond acceptors (Lipinski definition) is 3. The van der Waals surface area contributed by atoms with Crippen LogP contribution < -0.4 is 0 Å². The van der Waals surface area contributed by atoms with Gasteiger partial charge in [-0.2, -0.15) is 5.10 Å². The highest BCUT2D eigenvalue weighted by Gasteiger charge is 2.08. The molecule has 5 heteroatoms. The van der Waals surface area contributed by atoms with Crippen LogP contribution in [0.15, 0.2) is 67.3 Å². The number of imidazole rings is 1. The first-order chi connectivity index (χ1) is 11.3. The van der Waals surface area contributed by atoms with E-state index in [-0.39, 0.29) is 0 Å². The van der Waals surface area contributed by atoms with Crippen molar-refractivity contribution in [2.75, 3.05) is 0 Å². The highest BCUT2D eigenvalue weighted by Crippen LogP contribution is 2.24. The number of pyridine rings is 1. The van der Waals surface area contributed by atoms with Gasteiger partial charge in [0.05, 0.1) is 18.1 Å². The molecular formula is C18H15N5. The van der Waals surface area contributed by atoms with Gasteiger partial charge in [-0.3, -0.25) is 9.67 Å². The Bertz CT molecular complexity index is 937. The predicted octanol–water partition coefficient (Wildman–Crippen LogP) is 3.54. The maximum atomic E-state index is 4.46. The Morgan fingerprint density at radius 3 is 2.57 bits per heavy atom. The second-order valence-corrected chi connectivity index (χ2v) is 5.34. The summed E-state index contributed by atoms with van der Waals surface area (Å²) in [5.74, 6) is 0.759. The van der Waals surface area contributed by atoms with Crippen molar-refractivity contribution < 1.29 is 0 Å². The lowest BCUT2D eigenvalue weighted by Gasteiger charge is -2.01. The van der Waals surface area contributed by atoms with E-state index >= 15 is 0 Å². The van der Waals surface area contributed by atoms with Crippen molar-refractivity contribution in [3.63, 3.8) is 0 Å². The van der Waals surface area contributed by atoms with Crippen LogP contribution in [0, 0.1) is 0 Å². The van der Waals surface area contributed by atoms with E-state index in [2.05, 4.69) is 32.2 Å². The summed E-state index contributed by atoms with van der Waals surface area (Å²) in [4.78, 5) is 12.2. The number of benzene rings is 1. The van der Waals surface area contributed by atoms with Crippen LogP contribution in [-0.2, 0) is 7.05 Å². The van der Waals surface area contributed by atoms with E-state index in [0.717, 1.165) is 33.9 Å². The molecule has 0 spiro atoms. The van der Waals surface area contributed by atoms with Crippen LogP contribution >= 0.6 is 0 Å². The van der Waals surface area contributed by atoms with Crippen molar-refractivity contribution in [1.29, 1.82) is 0 Å². The number of nitrogens with one attached hydrogen (secondary N) is 1. The number of aryl methyl sites for hydroxylation is 1. The van der Waals surface area contributed by atoms with E-state index in [1.54, 1.807) is 10.9 Å². The summed E-state index contributed by atoms with van der Waals surface area (Å²) in [6.45, 7) is 0. The number of H-pyrrole nitrogens is 1. The first-order valence-electron chi connectivity index (χ1n) is 7.35. The number of aromatic amines is 1. The van der Waals surface area contributed by atoms with Gasteiger partial charge >= 0.3 is 0 Å². The van der Waals surface area contributed by atoms with Gasteiger partial charge in [-0.05, 0) is 23.3 Å². The van der Waals surface area contributed by atoms with Gasteiger partial charge in [-0.1, -0.05) is 30.3 Å². The maximum Gasteiger partial charge on any atom is 0.156 e. The Hall–Kier alpha value is -3.21. The van der Waals surface area contributed by atoms with E-state index in [4.69, 9.17) is 0 Å². The van der Waals surface area contributed by atoms with Crippen LogP contribution in [0.25, 0.3) is 33.9 Å². The number of aromatic nitrogens is 5. The fraction of sp³-hybridized carbons (Fsp3) is 0.0556. The Kier molecular flexibility index (Phi) is 3.24. The number of nitrogens with zero attached hydrogens (tertiary/aromatic N) is 4. The Morgan fingerprint density at radius 2 is 1.78 bits per heavy atom. The fourth-order valence-corrected chi connectivity index (χ4v) is 2.53. The zero-order chi connectivity index (χ0) is 15.6. The molecule has 112 valence electrons. The molecule has 0 aliphatic heterocycles. The van der Waals surface area contributed by atoms with Crippen molar-refractivity contribution in [1.82, 2.24) is 24.7 Å². The molecule has 3 heterocycles. The summed E-state index contributed by atoms with van der Waals surface area (Å²) in [6.07, 6.45) is 7.46. The SMILES string of the molecule is Cn1cc(-c2ccnc(-c3ncc(-c4ccccc4)[nH]3)c2)cn1. The summed E-state index contributed by atoms with van der Waals surface area (Å²) in [5, 5.41) is 4.21. The molecular weight excluding hydrogens is 286 g/mol. The third-order valence-electron chi connectivity index (χ3n) is 3.70. The predicted molar refractivity (Wildman–Crippen MR) is 89.5 cm³/mol. The molecule has 5 nitrogen and oxygen atoms in total. The summed E-state index contributed by atoms with van der Waals surface area (Å²) < 4.78 is 1.79. The minimum Gasteiger partial charge on any atom is -0.337 e. The van der Waals surface area contributed by atoms with E-state index in [0.29, 0.717) is 0 Å². The van der Waals surface area contributed by atoms with Crippen molar-refractivity contribution in [3.8, 4) is 33.9 Å². The average molecular weight is 301 g/mol. The van der Waals surface area contributed by atoms with Crippen LogP contribution in [0.1, 0.15) is 0 Å². The second-order valence-electron chi connectivity index (χ2n) is 5.34. The molecule has 4 rings (SSSR count). The molecule has 4 aromatic rings. The largest absolute Gasteiger partial charge is 0.337 e. The molecule has 0 fully saturated rings. The molecule has 0 saturated carbocycles. The second kappa shape index (κ2) is 5.53. The van der Waals surface area contributed by atoms with Gasteiger partial charge in [0.2, 0.25) is 0 Å². The minimum absolute atomic E-state index is 0.759.